The van der Waals surface area contributed by atoms with Crippen LogP contribution < -0.4 is 5.32 Å². The molecule has 1 fully saturated rings. The Morgan fingerprint density at radius 2 is 2.05 bits per heavy atom. The van der Waals surface area contributed by atoms with Crippen LogP contribution >= 0.6 is 11.6 Å². The van der Waals surface area contributed by atoms with Crippen LogP contribution in [0.5, 0.6) is 0 Å². The van der Waals surface area contributed by atoms with Gasteiger partial charge in [-0.1, -0.05) is 37.3 Å². The molecular formula is C14H20ClN3O2. The highest BCUT2D eigenvalue weighted by atomic mass is 35.5. The molecule has 1 saturated carbocycles. The van der Waals surface area contributed by atoms with Gasteiger partial charge in [0.1, 0.15) is 11.5 Å². The van der Waals surface area contributed by atoms with Gasteiger partial charge in [0, 0.05) is 6.54 Å². The molecule has 1 amide bonds. The summed E-state index contributed by atoms with van der Waals surface area (Å²) in [5, 5.41) is 13.5. The molecule has 2 N–H and O–H groups in total. The Hall–Kier alpha value is -1.20. The molecule has 0 aromatic carbocycles. The summed E-state index contributed by atoms with van der Waals surface area (Å²) in [6.45, 7) is 1.94. The summed E-state index contributed by atoms with van der Waals surface area (Å²) in [6.07, 6.45) is 7.16. The van der Waals surface area contributed by atoms with Gasteiger partial charge in [0.05, 0.1) is 16.8 Å². The summed E-state index contributed by atoms with van der Waals surface area (Å²) < 4.78 is 0. The zero-order valence-corrected chi connectivity index (χ0v) is 12.4. The molecule has 0 unspecified atom stereocenters. The number of aliphatic hydroxyl groups is 1. The lowest BCUT2D eigenvalue weighted by molar-refractivity contribution is 0.0246. The van der Waals surface area contributed by atoms with Crippen LogP contribution in [0.15, 0.2) is 6.20 Å². The molecule has 1 aliphatic carbocycles. The highest BCUT2D eigenvalue weighted by Crippen LogP contribution is 2.26. The van der Waals surface area contributed by atoms with E-state index in [2.05, 4.69) is 15.3 Å². The molecule has 20 heavy (non-hydrogen) atoms. The van der Waals surface area contributed by atoms with Crippen LogP contribution in [0, 0.1) is 6.92 Å². The minimum Gasteiger partial charge on any atom is -0.388 e. The first-order valence-electron chi connectivity index (χ1n) is 7.00. The maximum Gasteiger partial charge on any atom is 0.271 e. The Kier molecular flexibility index (Phi) is 4.94. The Balaban J connectivity index is 1.99. The number of carbonyl (C=O) groups is 1. The number of rotatable bonds is 3. The normalized spacial score (nSPS) is 18.4. The summed E-state index contributed by atoms with van der Waals surface area (Å²) in [4.78, 5) is 20.1. The first kappa shape index (κ1) is 15.2. The van der Waals surface area contributed by atoms with Crippen molar-refractivity contribution in [2.24, 2.45) is 0 Å². The van der Waals surface area contributed by atoms with E-state index in [9.17, 15) is 9.90 Å². The SMILES string of the molecule is Cc1ncc(Cl)c(C(=O)NCC2(O)CCCCCC2)n1. The van der Waals surface area contributed by atoms with Crippen molar-refractivity contribution in [1.82, 2.24) is 15.3 Å². The Bertz CT molecular complexity index is 485. The lowest BCUT2D eigenvalue weighted by Crippen LogP contribution is -2.42. The van der Waals surface area contributed by atoms with Gasteiger partial charge in [-0.15, -0.1) is 0 Å². The molecule has 2 rings (SSSR count). The first-order valence-corrected chi connectivity index (χ1v) is 7.38. The van der Waals surface area contributed by atoms with Gasteiger partial charge in [0.2, 0.25) is 0 Å². The zero-order chi connectivity index (χ0) is 14.6. The second-order valence-corrected chi connectivity index (χ2v) is 5.84. The largest absolute Gasteiger partial charge is 0.388 e. The molecule has 6 heteroatoms. The van der Waals surface area contributed by atoms with Crippen LogP contribution in [0.1, 0.15) is 54.8 Å². The average Bonchev–Trinajstić information content (AvgIpc) is 2.64. The summed E-state index contributed by atoms with van der Waals surface area (Å²) in [5.41, 5.74) is -0.642. The molecule has 0 aliphatic heterocycles. The van der Waals surface area contributed by atoms with Gasteiger partial charge >= 0.3 is 0 Å². The van der Waals surface area contributed by atoms with E-state index < -0.39 is 5.60 Å². The van der Waals surface area contributed by atoms with Gasteiger partial charge in [-0.2, -0.15) is 0 Å². The number of aromatic nitrogens is 2. The van der Waals surface area contributed by atoms with Crippen molar-refractivity contribution >= 4 is 17.5 Å². The Labute approximate surface area is 123 Å². The van der Waals surface area contributed by atoms with Crippen molar-refractivity contribution in [3.8, 4) is 0 Å². The summed E-state index contributed by atoms with van der Waals surface area (Å²) >= 11 is 5.93. The number of carbonyl (C=O) groups excluding carboxylic acids is 1. The van der Waals surface area contributed by atoms with Crippen molar-refractivity contribution in [1.29, 1.82) is 0 Å². The van der Waals surface area contributed by atoms with Gasteiger partial charge in [0.25, 0.3) is 5.91 Å². The highest BCUT2D eigenvalue weighted by molar-refractivity contribution is 6.33. The van der Waals surface area contributed by atoms with E-state index in [0.29, 0.717) is 5.82 Å². The van der Waals surface area contributed by atoms with Crippen molar-refractivity contribution in [3.05, 3.63) is 22.7 Å². The molecule has 0 radical (unpaired) electrons. The van der Waals surface area contributed by atoms with E-state index >= 15 is 0 Å². The number of aryl methyl sites for hydroxylation is 1. The molecule has 110 valence electrons. The molecule has 0 bridgehead atoms. The third-order valence-corrected chi connectivity index (χ3v) is 3.97. The zero-order valence-electron chi connectivity index (χ0n) is 11.7. The van der Waals surface area contributed by atoms with E-state index in [0.717, 1.165) is 38.5 Å². The molecule has 1 heterocycles. The standard InChI is InChI=1S/C14H20ClN3O2/c1-10-16-8-11(15)12(18-10)13(19)17-9-14(20)6-4-2-3-5-7-14/h8,20H,2-7,9H2,1H3,(H,17,19). The third-order valence-electron chi connectivity index (χ3n) is 3.69. The molecule has 0 saturated heterocycles. The van der Waals surface area contributed by atoms with Crippen molar-refractivity contribution in [2.75, 3.05) is 6.54 Å². The van der Waals surface area contributed by atoms with Gasteiger partial charge in [-0.25, -0.2) is 9.97 Å². The molecule has 1 aromatic heterocycles. The van der Waals surface area contributed by atoms with E-state index in [4.69, 9.17) is 11.6 Å². The monoisotopic (exact) mass is 297 g/mol. The lowest BCUT2D eigenvalue weighted by atomic mass is 9.94. The minimum atomic E-state index is -0.805. The van der Waals surface area contributed by atoms with Gasteiger partial charge in [-0.05, 0) is 19.8 Å². The fourth-order valence-electron chi connectivity index (χ4n) is 2.51. The predicted molar refractivity (Wildman–Crippen MR) is 76.8 cm³/mol. The van der Waals surface area contributed by atoms with Gasteiger partial charge in [0.15, 0.2) is 0 Å². The highest BCUT2D eigenvalue weighted by Gasteiger charge is 2.29. The predicted octanol–water partition coefficient (Wildman–Crippen LogP) is 2.25. The lowest BCUT2D eigenvalue weighted by Gasteiger charge is -2.26. The van der Waals surface area contributed by atoms with Crippen LogP contribution in [0.25, 0.3) is 0 Å². The second-order valence-electron chi connectivity index (χ2n) is 5.43. The van der Waals surface area contributed by atoms with Crippen LogP contribution in [0.2, 0.25) is 5.02 Å². The van der Waals surface area contributed by atoms with Crippen LogP contribution in [-0.2, 0) is 0 Å². The number of halogens is 1. The summed E-state index contributed by atoms with van der Waals surface area (Å²) in [5.74, 6) is 0.130. The molecular weight excluding hydrogens is 278 g/mol. The van der Waals surface area contributed by atoms with Crippen molar-refractivity contribution in [2.45, 2.75) is 51.0 Å². The van der Waals surface area contributed by atoms with Crippen molar-refractivity contribution < 1.29 is 9.90 Å². The second kappa shape index (κ2) is 6.50. The number of nitrogens with zero attached hydrogens (tertiary/aromatic N) is 2. The molecule has 1 aromatic rings. The topological polar surface area (TPSA) is 75.1 Å². The average molecular weight is 298 g/mol. The first-order chi connectivity index (χ1) is 9.50. The Morgan fingerprint density at radius 3 is 2.70 bits per heavy atom. The van der Waals surface area contributed by atoms with E-state index in [-0.39, 0.29) is 23.2 Å². The smallest absolute Gasteiger partial charge is 0.271 e. The number of hydrogen-bond acceptors (Lipinski definition) is 4. The number of nitrogens with one attached hydrogen (secondary N) is 1. The van der Waals surface area contributed by atoms with Crippen LogP contribution in [0.4, 0.5) is 0 Å². The quantitative estimate of drug-likeness (QED) is 0.839. The fraction of sp³-hybridized carbons (Fsp3) is 0.643. The molecule has 1 aliphatic rings. The molecule has 0 atom stereocenters. The van der Waals surface area contributed by atoms with E-state index in [1.165, 1.54) is 6.20 Å². The van der Waals surface area contributed by atoms with Crippen LogP contribution in [-0.4, -0.2) is 33.1 Å². The third kappa shape index (κ3) is 3.90. The maximum atomic E-state index is 12.1. The van der Waals surface area contributed by atoms with Crippen LogP contribution in [0.3, 0.4) is 0 Å². The Morgan fingerprint density at radius 1 is 1.40 bits per heavy atom. The molecule has 5 nitrogen and oxygen atoms in total. The van der Waals surface area contributed by atoms with E-state index in [1.807, 2.05) is 0 Å². The number of amides is 1. The molecule has 0 spiro atoms. The van der Waals surface area contributed by atoms with Gasteiger partial charge in [-0.3, -0.25) is 4.79 Å². The maximum absolute atomic E-state index is 12.1. The van der Waals surface area contributed by atoms with Crippen molar-refractivity contribution in [3.63, 3.8) is 0 Å². The summed E-state index contributed by atoms with van der Waals surface area (Å²) in [7, 11) is 0. The van der Waals surface area contributed by atoms with E-state index in [1.54, 1.807) is 6.92 Å². The number of hydrogen-bond donors (Lipinski definition) is 2. The summed E-state index contributed by atoms with van der Waals surface area (Å²) in [6, 6.07) is 0. The minimum absolute atomic E-state index is 0.163. The van der Waals surface area contributed by atoms with Gasteiger partial charge < -0.3 is 10.4 Å². The fourth-order valence-corrected chi connectivity index (χ4v) is 2.68.